The first-order chi connectivity index (χ1) is 10.2. The number of rotatable bonds is 6. The second kappa shape index (κ2) is 7.23. The molecule has 1 unspecified atom stereocenters. The van der Waals surface area contributed by atoms with E-state index in [9.17, 15) is 4.39 Å². The topological polar surface area (TPSA) is 21.3 Å². The molecule has 0 heterocycles. The summed E-state index contributed by atoms with van der Waals surface area (Å²) >= 11 is 0. The van der Waals surface area contributed by atoms with Crippen molar-refractivity contribution in [2.45, 2.75) is 26.3 Å². The summed E-state index contributed by atoms with van der Waals surface area (Å²) in [4.78, 5) is 0. The summed E-state index contributed by atoms with van der Waals surface area (Å²) < 4.78 is 19.3. The highest BCUT2D eigenvalue weighted by Gasteiger charge is 2.11. The van der Waals surface area contributed by atoms with Crippen molar-refractivity contribution >= 4 is 0 Å². The predicted molar refractivity (Wildman–Crippen MR) is 85.1 cm³/mol. The summed E-state index contributed by atoms with van der Waals surface area (Å²) in [7, 11) is 1.48. The number of nitrogens with one attached hydrogen (secondary N) is 1. The number of hydrogen-bond acceptors (Lipinski definition) is 2. The summed E-state index contributed by atoms with van der Waals surface area (Å²) in [6.45, 7) is 5.28. The molecule has 0 saturated heterocycles. The van der Waals surface area contributed by atoms with Crippen molar-refractivity contribution in [3.63, 3.8) is 0 Å². The van der Waals surface area contributed by atoms with E-state index in [1.165, 1.54) is 12.7 Å². The Bertz CT molecular complexity index is 580. The Balaban J connectivity index is 2.23. The Kier molecular flexibility index (Phi) is 5.34. The molecule has 0 spiro atoms. The Morgan fingerprint density at radius 2 is 1.86 bits per heavy atom. The van der Waals surface area contributed by atoms with Gasteiger partial charge in [-0.1, -0.05) is 43.3 Å². The number of ether oxygens (including phenoxy) is 1. The average molecular weight is 287 g/mol. The van der Waals surface area contributed by atoms with E-state index in [2.05, 4.69) is 19.2 Å². The number of halogens is 1. The van der Waals surface area contributed by atoms with Crippen LogP contribution in [0.5, 0.6) is 5.75 Å². The summed E-state index contributed by atoms with van der Waals surface area (Å²) in [6, 6.07) is 13.5. The van der Waals surface area contributed by atoms with Gasteiger partial charge in [-0.2, -0.15) is 0 Å². The van der Waals surface area contributed by atoms with Crippen molar-refractivity contribution in [2.24, 2.45) is 0 Å². The Labute approximate surface area is 126 Å². The molecule has 1 N–H and O–H groups in total. The number of benzene rings is 2. The van der Waals surface area contributed by atoms with Gasteiger partial charge < -0.3 is 10.1 Å². The normalized spacial score (nSPS) is 12.2. The van der Waals surface area contributed by atoms with Crippen molar-refractivity contribution < 1.29 is 9.13 Å². The first-order valence-electron chi connectivity index (χ1n) is 7.33. The molecule has 1 atom stereocenters. The minimum atomic E-state index is -0.315. The van der Waals surface area contributed by atoms with Crippen LogP contribution in [0, 0.1) is 5.82 Å². The molecule has 0 aromatic heterocycles. The van der Waals surface area contributed by atoms with Crippen LogP contribution in [-0.2, 0) is 0 Å². The van der Waals surface area contributed by atoms with Crippen molar-refractivity contribution in [3.05, 3.63) is 53.8 Å². The molecule has 2 nitrogen and oxygen atoms in total. The van der Waals surface area contributed by atoms with Gasteiger partial charge in [0.15, 0.2) is 11.6 Å². The van der Waals surface area contributed by atoms with Gasteiger partial charge in [-0.25, -0.2) is 4.39 Å². The van der Waals surface area contributed by atoms with E-state index < -0.39 is 0 Å². The quantitative estimate of drug-likeness (QED) is 0.840. The number of methoxy groups -OCH3 is 1. The molecule has 0 aliphatic heterocycles. The molecule has 2 rings (SSSR count). The van der Waals surface area contributed by atoms with Gasteiger partial charge in [0.2, 0.25) is 0 Å². The lowest BCUT2D eigenvalue weighted by molar-refractivity contribution is 0.387. The predicted octanol–water partition coefficient (Wildman–Crippen LogP) is 4.56. The van der Waals surface area contributed by atoms with Crippen molar-refractivity contribution in [3.8, 4) is 16.9 Å². The summed E-state index contributed by atoms with van der Waals surface area (Å²) in [5.41, 5.74) is 2.63. The second-order valence-electron chi connectivity index (χ2n) is 5.12. The van der Waals surface area contributed by atoms with Crippen molar-refractivity contribution in [1.82, 2.24) is 5.32 Å². The van der Waals surface area contributed by atoms with Gasteiger partial charge in [-0.15, -0.1) is 0 Å². The van der Waals surface area contributed by atoms with Crippen LogP contribution in [0.4, 0.5) is 4.39 Å². The highest BCUT2D eigenvalue weighted by Crippen LogP contribution is 2.29. The molecule has 0 radical (unpaired) electrons. The van der Waals surface area contributed by atoms with Crippen LogP contribution in [0.2, 0.25) is 0 Å². The van der Waals surface area contributed by atoms with E-state index in [1.54, 1.807) is 18.2 Å². The summed E-state index contributed by atoms with van der Waals surface area (Å²) in [5, 5.41) is 3.44. The largest absolute Gasteiger partial charge is 0.494 e. The van der Waals surface area contributed by atoms with E-state index in [1.807, 2.05) is 24.3 Å². The van der Waals surface area contributed by atoms with Gasteiger partial charge >= 0.3 is 0 Å². The molecule has 3 heteroatoms. The zero-order chi connectivity index (χ0) is 15.2. The standard InChI is InChI=1S/C18H22FNO/c1-4-12-20-13(2)14-8-10-15(11-9-14)16-6-5-7-17(21-3)18(16)19/h5-11,13,20H,4,12H2,1-3H3. The first-order valence-corrected chi connectivity index (χ1v) is 7.33. The van der Waals surface area contributed by atoms with E-state index in [-0.39, 0.29) is 11.6 Å². The molecule has 0 aliphatic carbocycles. The van der Waals surface area contributed by atoms with Crippen LogP contribution in [0.1, 0.15) is 31.9 Å². The van der Waals surface area contributed by atoms with Crippen LogP contribution in [-0.4, -0.2) is 13.7 Å². The summed E-state index contributed by atoms with van der Waals surface area (Å²) in [5.74, 6) is -0.0422. The molecule has 112 valence electrons. The first kappa shape index (κ1) is 15.5. The molecule has 2 aromatic carbocycles. The number of hydrogen-bond donors (Lipinski definition) is 1. The molecule has 0 fully saturated rings. The molecule has 21 heavy (non-hydrogen) atoms. The maximum absolute atomic E-state index is 14.2. The fraction of sp³-hybridized carbons (Fsp3) is 0.333. The fourth-order valence-corrected chi connectivity index (χ4v) is 2.32. The third-order valence-corrected chi connectivity index (χ3v) is 3.61. The molecule has 0 aliphatic rings. The highest BCUT2D eigenvalue weighted by molar-refractivity contribution is 5.66. The maximum Gasteiger partial charge on any atom is 0.172 e. The molecule has 2 aromatic rings. The van der Waals surface area contributed by atoms with Crippen molar-refractivity contribution in [2.75, 3.05) is 13.7 Å². The van der Waals surface area contributed by atoms with E-state index >= 15 is 0 Å². The van der Waals surface area contributed by atoms with Gasteiger partial charge in [0.05, 0.1) is 7.11 Å². The van der Waals surface area contributed by atoms with Crippen LogP contribution in [0.3, 0.4) is 0 Å². The summed E-state index contributed by atoms with van der Waals surface area (Å²) in [6.07, 6.45) is 1.11. The smallest absolute Gasteiger partial charge is 0.172 e. The molecular formula is C18H22FNO. The zero-order valence-electron chi connectivity index (χ0n) is 12.8. The van der Waals surface area contributed by atoms with Crippen LogP contribution < -0.4 is 10.1 Å². The molecule has 0 amide bonds. The Hall–Kier alpha value is -1.87. The molecular weight excluding hydrogens is 265 g/mol. The fourth-order valence-electron chi connectivity index (χ4n) is 2.32. The van der Waals surface area contributed by atoms with Crippen LogP contribution >= 0.6 is 0 Å². The third kappa shape index (κ3) is 3.61. The molecule has 0 bridgehead atoms. The van der Waals surface area contributed by atoms with Gasteiger partial charge in [0.1, 0.15) is 0 Å². The van der Waals surface area contributed by atoms with Gasteiger partial charge in [0.25, 0.3) is 0 Å². The Morgan fingerprint density at radius 1 is 1.14 bits per heavy atom. The molecule has 0 saturated carbocycles. The SMILES string of the molecule is CCCNC(C)c1ccc(-c2cccc(OC)c2F)cc1. The van der Waals surface area contributed by atoms with Crippen LogP contribution in [0.15, 0.2) is 42.5 Å². The highest BCUT2D eigenvalue weighted by atomic mass is 19.1. The second-order valence-corrected chi connectivity index (χ2v) is 5.12. The van der Waals surface area contributed by atoms with Gasteiger partial charge in [-0.05, 0) is 37.1 Å². The maximum atomic E-state index is 14.2. The monoisotopic (exact) mass is 287 g/mol. The zero-order valence-corrected chi connectivity index (χ0v) is 12.8. The van der Waals surface area contributed by atoms with Gasteiger partial charge in [-0.3, -0.25) is 0 Å². The minimum Gasteiger partial charge on any atom is -0.494 e. The lowest BCUT2D eigenvalue weighted by Crippen LogP contribution is -2.19. The lowest BCUT2D eigenvalue weighted by Gasteiger charge is -2.14. The van der Waals surface area contributed by atoms with Gasteiger partial charge in [0, 0.05) is 11.6 Å². The average Bonchev–Trinajstić information content (AvgIpc) is 2.53. The van der Waals surface area contributed by atoms with E-state index in [0.29, 0.717) is 11.6 Å². The van der Waals surface area contributed by atoms with Crippen LogP contribution in [0.25, 0.3) is 11.1 Å². The third-order valence-electron chi connectivity index (χ3n) is 3.61. The van der Waals surface area contributed by atoms with E-state index in [4.69, 9.17) is 4.74 Å². The van der Waals surface area contributed by atoms with E-state index in [0.717, 1.165) is 18.5 Å². The lowest BCUT2D eigenvalue weighted by atomic mass is 10.0. The minimum absolute atomic E-state index is 0.273. The Morgan fingerprint density at radius 3 is 2.48 bits per heavy atom. The van der Waals surface area contributed by atoms with Crippen molar-refractivity contribution in [1.29, 1.82) is 0 Å².